The van der Waals surface area contributed by atoms with Crippen LogP contribution in [0.2, 0.25) is 0 Å². The van der Waals surface area contributed by atoms with E-state index in [0.29, 0.717) is 32.0 Å². The quantitative estimate of drug-likeness (QED) is 0.0580. The van der Waals surface area contributed by atoms with Crippen LogP contribution >= 0.6 is 0 Å². The predicted molar refractivity (Wildman–Crippen MR) is 184 cm³/mol. The Morgan fingerprint density at radius 1 is 0.488 bits per heavy atom. The fourth-order valence-electron chi connectivity index (χ4n) is 5.82. The van der Waals surface area contributed by atoms with E-state index in [-0.39, 0.29) is 11.9 Å². The molecule has 0 aliphatic carbocycles. The lowest BCUT2D eigenvalue weighted by Crippen LogP contribution is -2.33. The van der Waals surface area contributed by atoms with Crippen molar-refractivity contribution in [1.82, 2.24) is 0 Å². The second-order valence-electron chi connectivity index (χ2n) is 13.2. The molecule has 0 aromatic rings. The van der Waals surface area contributed by atoms with Gasteiger partial charge in [-0.2, -0.15) is 0 Å². The Labute approximate surface area is 268 Å². The topological polar surface area (TPSA) is 78.6 Å². The zero-order valence-corrected chi connectivity index (χ0v) is 29.3. The summed E-state index contributed by atoms with van der Waals surface area (Å²) in [7, 11) is 0. The third kappa shape index (κ3) is 30.7. The average Bonchev–Trinajstić information content (AvgIpc) is 3.01. The molecule has 0 rings (SSSR count). The van der Waals surface area contributed by atoms with E-state index in [2.05, 4.69) is 20.8 Å². The first kappa shape index (κ1) is 41.9. The summed E-state index contributed by atoms with van der Waals surface area (Å²) in [6.45, 7) is 7.87. The van der Waals surface area contributed by atoms with Crippen molar-refractivity contribution in [1.29, 1.82) is 0 Å². The summed E-state index contributed by atoms with van der Waals surface area (Å²) in [6.07, 6.45) is 34.1. The number of hydrogen-bond donors (Lipinski definition) is 1. The van der Waals surface area contributed by atoms with Crippen molar-refractivity contribution in [3.8, 4) is 0 Å². The number of ether oxygens (including phenoxy) is 2. The highest BCUT2D eigenvalue weighted by Gasteiger charge is 2.17. The van der Waals surface area contributed by atoms with Gasteiger partial charge in [0.1, 0.15) is 6.04 Å². The van der Waals surface area contributed by atoms with Gasteiger partial charge in [-0.3, -0.25) is 9.59 Å². The van der Waals surface area contributed by atoms with Crippen LogP contribution in [0, 0.1) is 5.92 Å². The summed E-state index contributed by atoms with van der Waals surface area (Å²) >= 11 is 0. The molecule has 5 nitrogen and oxygen atoms in total. The van der Waals surface area contributed by atoms with Crippen LogP contribution in [0.1, 0.15) is 207 Å². The number of nitrogens with two attached hydrogens (primary N) is 1. The zero-order valence-electron chi connectivity index (χ0n) is 29.3. The van der Waals surface area contributed by atoms with Crippen molar-refractivity contribution in [2.45, 2.75) is 213 Å². The number of rotatable bonds is 34. The highest BCUT2D eigenvalue weighted by atomic mass is 16.5. The fraction of sp³-hybridized carbons (Fsp3) is 0.947. The van der Waals surface area contributed by atoms with Gasteiger partial charge in [-0.15, -0.1) is 0 Å². The van der Waals surface area contributed by atoms with Gasteiger partial charge in [0.25, 0.3) is 0 Å². The predicted octanol–water partition coefficient (Wildman–Crippen LogP) is 11.4. The lowest BCUT2D eigenvalue weighted by Gasteiger charge is -2.19. The van der Waals surface area contributed by atoms with E-state index in [1.165, 1.54) is 116 Å². The molecule has 2 N–H and O–H groups in total. The highest BCUT2D eigenvalue weighted by molar-refractivity contribution is 5.75. The van der Waals surface area contributed by atoms with Crippen LogP contribution in [0.25, 0.3) is 0 Å². The van der Waals surface area contributed by atoms with E-state index in [1.54, 1.807) is 0 Å². The number of unbranched alkanes of at least 4 members (excludes halogenated alkanes) is 21. The van der Waals surface area contributed by atoms with Crippen molar-refractivity contribution >= 4 is 11.9 Å². The second-order valence-corrected chi connectivity index (χ2v) is 13.2. The molecule has 43 heavy (non-hydrogen) atoms. The van der Waals surface area contributed by atoms with Crippen molar-refractivity contribution < 1.29 is 19.1 Å². The van der Waals surface area contributed by atoms with Gasteiger partial charge in [0.15, 0.2) is 0 Å². The lowest BCUT2D eigenvalue weighted by molar-refractivity contribution is -0.147. The monoisotopic (exact) mass is 610 g/mol. The van der Waals surface area contributed by atoms with Crippen LogP contribution in [0.15, 0.2) is 0 Å². The van der Waals surface area contributed by atoms with Crippen LogP contribution in [0.3, 0.4) is 0 Å². The van der Waals surface area contributed by atoms with Crippen molar-refractivity contribution in [2.24, 2.45) is 11.7 Å². The van der Waals surface area contributed by atoms with E-state index in [1.807, 2.05) is 0 Å². The van der Waals surface area contributed by atoms with Gasteiger partial charge in [0, 0.05) is 6.42 Å². The van der Waals surface area contributed by atoms with Crippen molar-refractivity contribution in [3.05, 3.63) is 0 Å². The first-order chi connectivity index (χ1) is 21.0. The number of hydrogen-bond acceptors (Lipinski definition) is 5. The molecule has 0 saturated carbocycles. The summed E-state index contributed by atoms with van der Waals surface area (Å²) in [5.41, 5.74) is 6.19. The van der Waals surface area contributed by atoms with E-state index in [0.717, 1.165) is 57.8 Å². The molecule has 0 aliphatic rings. The molecule has 0 saturated heterocycles. The summed E-state index contributed by atoms with van der Waals surface area (Å²) in [5.74, 6) is 0.189. The van der Waals surface area contributed by atoms with Gasteiger partial charge in [0.05, 0.1) is 13.2 Å². The molecule has 0 aliphatic heterocycles. The average molecular weight is 610 g/mol. The Bertz CT molecular complexity index is 580. The molecule has 256 valence electrons. The van der Waals surface area contributed by atoms with E-state index in [4.69, 9.17) is 15.2 Å². The maximum atomic E-state index is 12.6. The standard InChI is InChI=1S/C38H75NO4/c1-4-7-10-13-16-17-23-28-33-42-37(40)32-27-22-18-21-26-31-36(39)38(41)43-34-35(29-24-19-14-11-8-5-2)30-25-20-15-12-9-6-3/h35-36H,4-34,39H2,1-3H3. The molecule has 5 heteroatoms. The molecule has 1 atom stereocenters. The van der Waals surface area contributed by atoms with E-state index in [9.17, 15) is 9.59 Å². The van der Waals surface area contributed by atoms with Gasteiger partial charge in [-0.25, -0.2) is 0 Å². The van der Waals surface area contributed by atoms with Crippen LogP contribution in [0.4, 0.5) is 0 Å². The lowest BCUT2D eigenvalue weighted by atomic mass is 9.94. The second kappa shape index (κ2) is 33.8. The minimum Gasteiger partial charge on any atom is -0.466 e. The summed E-state index contributed by atoms with van der Waals surface area (Å²) in [6, 6.07) is -0.518. The van der Waals surface area contributed by atoms with Crippen LogP contribution < -0.4 is 5.73 Å². The molecule has 0 heterocycles. The molecular weight excluding hydrogens is 534 g/mol. The van der Waals surface area contributed by atoms with Gasteiger partial charge in [0.2, 0.25) is 0 Å². The van der Waals surface area contributed by atoms with E-state index >= 15 is 0 Å². The Morgan fingerprint density at radius 2 is 0.884 bits per heavy atom. The smallest absolute Gasteiger partial charge is 0.322 e. The molecule has 0 aromatic heterocycles. The molecule has 0 radical (unpaired) electrons. The van der Waals surface area contributed by atoms with Gasteiger partial charge < -0.3 is 15.2 Å². The minimum atomic E-state index is -0.518. The number of esters is 2. The van der Waals surface area contributed by atoms with Gasteiger partial charge >= 0.3 is 11.9 Å². The molecule has 0 bridgehead atoms. The molecule has 0 aromatic carbocycles. The Hall–Kier alpha value is -1.10. The molecule has 0 fully saturated rings. The summed E-state index contributed by atoms with van der Waals surface area (Å²) in [4.78, 5) is 24.5. The number of carbonyl (C=O) groups is 2. The van der Waals surface area contributed by atoms with Crippen LogP contribution in [-0.2, 0) is 19.1 Å². The maximum Gasteiger partial charge on any atom is 0.322 e. The van der Waals surface area contributed by atoms with Gasteiger partial charge in [-0.05, 0) is 38.0 Å². The maximum absolute atomic E-state index is 12.6. The number of carbonyl (C=O) groups excluding carboxylic acids is 2. The molecule has 0 amide bonds. The summed E-state index contributed by atoms with van der Waals surface area (Å²) in [5, 5.41) is 0. The van der Waals surface area contributed by atoms with Crippen LogP contribution in [0.5, 0.6) is 0 Å². The SMILES string of the molecule is CCCCCCCCCCOC(=O)CCCCCCCC(N)C(=O)OCC(CCCCCCCC)CCCCCCCC. The fourth-order valence-corrected chi connectivity index (χ4v) is 5.82. The van der Waals surface area contributed by atoms with E-state index < -0.39 is 6.04 Å². The van der Waals surface area contributed by atoms with Crippen molar-refractivity contribution in [2.75, 3.05) is 13.2 Å². The minimum absolute atomic E-state index is 0.0565. The summed E-state index contributed by atoms with van der Waals surface area (Å²) < 4.78 is 11.1. The van der Waals surface area contributed by atoms with Gasteiger partial charge in [-0.1, -0.05) is 168 Å². The van der Waals surface area contributed by atoms with Crippen LogP contribution in [-0.4, -0.2) is 31.2 Å². The Morgan fingerprint density at radius 3 is 1.37 bits per heavy atom. The van der Waals surface area contributed by atoms with Crippen molar-refractivity contribution in [3.63, 3.8) is 0 Å². The molecule has 1 unspecified atom stereocenters. The first-order valence-electron chi connectivity index (χ1n) is 19.1. The Kier molecular flexibility index (Phi) is 32.9. The molecule has 0 spiro atoms. The zero-order chi connectivity index (χ0) is 31.6. The Balaban J connectivity index is 3.92. The normalized spacial score (nSPS) is 12.1. The molecular formula is C38H75NO4. The third-order valence-electron chi connectivity index (χ3n) is 8.85. The third-order valence-corrected chi connectivity index (χ3v) is 8.85. The largest absolute Gasteiger partial charge is 0.466 e. The highest BCUT2D eigenvalue weighted by Crippen LogP contribution is 2.20. The first-order valence-corrected chi connectivity index (χ1v) is 19.1.